The molecule has 17 heavy (non-hydrogen) atoms. The van der Waals surface area contributed by atoms with Gasteiger partial charge in [-0.1, -0.05) is 12.1 Å². The van der Waals surface area contributed by atoms with Crippen LogP contribution in [0.15, 0.2) is 24.3 Å². The Morgan fingerprint density at radius 2 is 2.41 bits per heavy atom. The first-order valence-electron chi connectivity index (χ1n) is 6.21. The van der Waals surface area contributed by atoms with Gasteiger partial charge in [0.15, 0.2) is 5.78 Å². The average molecular weight is 233 g/mol. The summed E-state index contributed by atoms with van der Waals surface area (Å²) in [5.41, 5.74) is 1.17. The van der Waals surface area contributed by atoms with E-state index in [1.165, 1.54) is 5.56 Å². The molecule has 1 unspecified atom stereocenters. The van der Waals surface area contributed by atoms with E-state index in [1.807, 2.05) is 31.2 Å². The van der Waals surface area contributed by atoms with Gasteiger partial charge < -0.3 is 10.1 Å². The van der Waals surface area contributed by atoms with Crippen LogP contribution in [0.4, 0.5) is 0 Å². The fourth-order valence-electron chi connectivity index (χ4n) is 2.11. The Morgan fingerprint density at radius 1 is 1.53 bits per heavy atom. The molecule has 1 saturated heterocycles. The van der Waals surface area contributed by atoms with E-state index in [0.29, 0.717) is 13.0 Å². The predicted octanol–water partition coefficient (Wildman–Crippen LogP) is 2.09. The van der Waals surface area contributed by atoms with Crippen LogP contribution in [0.5, 0.6) is 5.75 Å². The van der Waals surface area contributed by atoms with E-state index in [2.05, 4.69) is 5.32 Å². The third-order valence-corrected chi connectivity index (χ3v) is 3.06. The van der Waals surface area contributed by atoms with E-state index in [4.69, 9.17) is 4.74 Å². The molecule has 0 radical (unpaired) electrons. The molecule has 1 aliphatic rings. The quantitative estimate of drug-likeness (QED) is 0.846. The number of hydrogen-bond acceptors (Lipinski definition) is 3. The minimum atomic E-state index is 0.0658. The van der Waals surface area contributed by atoms with Gasteiger partial charge in [-0.05, 0) is 44.0 Å². The zero-order valence-electron chi connectivity index (χ0n) is 10.2. The SMILES string of the molecule is Cc1cccc(OCCC(=O)C2CCCN2)c1. The van der Waals surface area contributed by atoms with Crippen molar-refractivity contribution in [2.45, 2.75) is 32.2 Å². The molecule has 1 aliphatic heterocycles. The number of carbonyl (C=O) groups is 1. The van der Waals surface area contributed by atoms with Crippen molar-refractivity contribution in [2.75, 3.05) is 13.2 Å². The molecule has 92 valence electrons. The van der Waals surface area contributed by atoms with Crippen molar-refractivity contribution >= 4 is 5.78 Å². The van der Waals surface area contributed by atoms with E-state index in [-0.39, 0.29) is 11.8 Å². The van der Waals surface area contributed by atoms with E-state index in [1.54, 1.807) is 0 Å². The number of carbonyl (C=O) groups excluding carboxylic acids is 1. The van der Waals surface area contributed by atoms with E-state index < -0.39 is 0 Å². The van der Waals surface area contributed by atoms with Crippen molar-refractivity contribution in [1.29, 1.82) is 0 Å². The lowest BCUT2D eigenvalue weighted by Gasteiger charge is -2.10. The summed E-state index contributed by atoms with van der Waals surface area (Å²) in [7, 11) is 0. The number of aryl methyl sites for hydroxylation is 1. The highest BCUT2D eigenvalue weighted by atomic mass is 16.5. The molecule has 3 nitrogen and oxygen atoms in total. The molecule has 0 spiro atoms. The molecule has 1 aromatic rings. The highest BCUT2D eigenvalue weighted by Gasteiger charge is 2.21. The zero-order valence-corrected chi connectivity index (χ0v) is 10.2. The van der Waals surface area contributed by atoms with Crippen LogP contribution in [0.2, 0.25) is 0 Å². The van der Waals surface area contributed by atoms with Gasteiger partial charge in [-0.3, -0.25) is 4.79 Å². The lowest BCUT2D eigenvalue weighted by Crippen LogP contribution is -2.31. The average Bonchev–Trinajstić information content (AvgIpc) is 2.82. The van der Waals surface area contributed by atoms with Crippen LogP contribution < -0.4 is 10.1 Å². The summed E-state index contributed by atoms with van der Waals surface area (Å²) in [5.74, 6) is 1.12. The minimum Gasteiger partial charge on any atom is -0.493 e. The number of nitrogens with one attached hydrogen (secondary N) is 1. The Hall–Kier alpha value is -1.35. The first-order valence-corrected chi connectivity index (χ1v) is 6.21. The third kappa shape index (κ3) is 3.56. The Bertz CT molecular complexity index is 384. The summed E-state index contributed by atoms with van der Waals surface area (Å²) >= 11 is 0. The summed E-state index contributed by atoms with van der Waals surface area (Å²) in [4.78, 5) is 11.8. The van der Waals surface area contributed by atoms with Crippen LogP contribution in [0.1, 0.15) is 24.8 Å². The van der Waals surface area contributed by atoms with E-state index in [0.717, 1.165) is 25.1 Å². The smallest absolute Gasteiger partial charge is 0.153 e. The van der Waals surface area contributed by atoms with Gasteiger partial charge in [0.1, 0.15) is 5.75 Å². The molecular formula is C14H19NO2. The molecule has 1 fully saturated rings. The topological polar surface area (TPSA) is 38.3 Å². The third-order valence-electron chi connectivity index (χ3n) is 3.06. The van der Waals surface area contributed by atoms with Crippen molar-refractivity contribution in [1.82, 2.24) is 5.32 Å². The number of benzene rings is 1. The van der Waals surface area contributed by atoms with Crippen LogP contribution >= 0.6 is 0 Å². The lowest BCUT2D eigenvalue weighted by atomic mass is 10.1. The monoisotopic (exact) mass is 233 g/mol. The summed E-state index contributed by atoms with van der Waals surface area (Å²) in [6, 6.07) is 7.96. The van der Waals surface area contributed by atoms with Gasteiger partial charge in [-0.25, -0.2) is 0 Å². The second-order valence-electron chi connectivity index (χ2n) is 4.53. The van der Waals surface area contributed by atoms with Crippen molar-refractivity contribution in [3.8, 4) is 5.75 Å². The van der Waals surface area contributed by atoms with Crippen LogP contribution in [0.25, 0.3) is 0 Å². The highest BCUT2D eigenvalue weighted by Crippen LogP contribution is 2.13. The Morgan fingerprint density at radius 3 is 3.12 bits per heavy atom. The Balaban J connectivity index is 1.73. The molecule has 0 amide bonds. The van der Waals surface area contributed by atoms with Crippen LogP contribution in [-0.4, -0.2) is 25.0 Å². The standard InChI is InChI=1S/C14H19NO2/c1-11-4-2-5-12(10-11)17-9-7-14(16)13-6-3-8-15-13/h2,4-5,10,13,15H,3,6-9H2,1H3. The fourth-order valence-corrected chi connectivity index (χ4v) is 2.11. The van der Waals surface area contributed by atoms with Gasteiger partial charge in [0.05, 0.1) is 12.6 Å². The highest BCUT2D eigenvalue weighted by molar-refractivity contribution is 5.84. The molecule has 1 atom stereocenters. The van der Waals surface area contributed by atoms with Gasteiger partial charge in [0, 0.05) is 6.42 Å². The molecule has 1 N–H and O–H groups in total. The maximum Gasteiger partial charge on any atom is 0.153 e. The largest absolute Gasteiger partial charge is 0.493 e. The molecule has 0 aromatic heterocycles. The molecule has 0 aliphatic carbocycles. The van der Waals surface area contributed by atoms with Gasteiger partial charge in [-0.15, -0.1) is 0 Å². The summed E-state index contributed by atoms with van der Waals surface area (Å²) in [5, 5.41) is 3.21. The predicted molar refractivity (Wildman–Crippen MR) is 67.3 cm³/mol. The maximum absolute atomic E-state index is 11.8. The summed E-state index contributed by atoms with van der Waals surface area (Å²) in [6.45, 7) is 3.47. The Labute approximate surface area is 102 Å². The maximum atomic E-state index is 11.8. The molecule has 0 saturated carbocycles. The number of ether oxygens (including phenoxy) is 1. The van der Waals surface area contributed by atoms with Gasteiger partial charge in [0.2, 0.25) is 0 Å². The second-order valence-corrected chi connectivity index (χ2v) is 4.53. The molecule has 3 heteroatoms. The van der Waals surface area contributed by atoms with Crippen molar-refractivity contribution in [3.63, 3.8) is 0 Å². The normalized spacial score (nSPS) is 19.2. The van der Waals surface area contributed by atoms with Crippen molar-refractivity contribution < 1.29 is 9.53 Å². The summed E-state index contributed by atoms with van der Waals surface area (Å²) in [6.07, 6.45) is 2.57. The van der Waals surface area contributed by atoms with Crippen LogP contribution in [0, 0.1) is 6.92 Å². The van der Waals surface area contributed by atoms with E-state index >= 15 is 0 Å². The van der Waals surface area contributed by atoms with Crippen LogP contribution in [0.3, 0.4) is 0 Å². The number of ketones is 1. The first kappa shape index (κ1) is 12.1. The van der Waals surface area contributed by atoms with Gasteiger partial charge in [-0.2, -0.15) is 0 Å². The van der Waals surface area contributed by atoms with Gasteiger partial charge >= 0.3 is 0 Å². The molecule has 1 aromatic carbocycles. The molecule has 1 heterocycles. The van der Waals surface area contributed by atoms with Crippen molar-refractivity contribution in [3.05, 3.63) is 29.8 Å². The molecular weight excluding hydrogens is 214 g/mol. The first-order chi connectivity index (χ1) is 8.25. The molecule has 2 rings (SSSR count). The number of Topliss-reactive ketones (excluding diaryl/α,β-unsaturated/α-hetero) is 1. The van der Waals surface area contributed by atoms with E-state index in [9.17, 15) is 4.79 Å². The summed E-state index contributed by atoms with van der Waals surface area (Å²) < 4.78 is 5.57. The van der Waals surface area contributed by atoms with Gasteiger partial charge in [0.25, 0.3) is 0 Å². The Kier molecular flexibility index (Phi) is 4.15. The zero-order chi connectivity index (χ0) is 12.1. The second kappa shape index (κ2) is 5.82. The number of rotatable bonds is 5. The lowest BCUT2D eigenvalue weighted by molar-refractivity contribution is -0.121. The minimum absolute atomic E-state index is 0.0658. The molecule has 0 bridgehead atoms. The fraction of sp³-hybridized carbons (Fsp3) is 0.500. The van der Waals surface area contributed by atoms with Crippen molar-refractivity contribution in [2.24, 2.45) is 0 Å². The number of hydrogen-bond donors (Lipinski definition) is 1. The van der Waals surface area contributed by atoms with Crippen LogP contribution in [-0.2, 0) is 4.79 Å².